The van der Waals surface area contributed by atoms with E-state index in [1.54, 1.807) is 0 Å². The summed E-state index contributed by atoms with van der Waals surface area (Å²) < 4.78 is 6.22. The molecule has 0 aromatic heterocycles. The van der Waals surface area contributed by atoms with Crippen molar-refractivity contribution in [3.05, 3.63) is 29.8 Å². The van der Waals surface area contributed by atoms with Crippen molar-refractivity contribution in [3.8, 4) is 5.75 Å². The first-order valence-corrected chi connectivity index (χ1v) is 7.76. The number of ether oxygens (including phenoxy) is 1. The van der Waals surface area contributed by atoms with Crippen molar-refractivity contribution in [2.24, 2.45) is 0 Å². The highest BCUT2D eigenvalue weighted by Gasteiger charge is 2.47. The maximum absolute atomic E-state index is 11.1. The number of hydrogen-bond acceptors (Lipinski definition) is 3. The molecule has 1 saturated carbocycles. The van der Waals surface area contributed by atoms with Crippen LogP contribution in [0, 0.1) is 0 Å². The number of benzene rings is 1. The summed E-state index contributed by atoms with van der Waals surface area (Å²) >= 11 is 0. The minimum atomic E-state index is -0.721. The van der Waals surface area contributed by atoms with Crippen LogP contribution in [0.4, 0.5) is 0 Å². The van der Waals surface area contributed by atoms with Crippen LogP contribution in [-0.4, -0.2) is 42.2 Å². The van der Waals surface area contributed by atoms with Gasteiger partial charge in [0.15, 0.2) is 0 Å². The Balaban J connectivity index is 1.76. The van der Waals surface area contributed by atoms with Crippen LogP contribution in [0.2, 0.25) is 0 Å². The molecular weight excluding hydrogens is 266 g/mol. The Hall–Kier alpha value is -1.55. The molecule has 0 atom stereocenters. The molecule has 3 rings (SSSR count). The van der Waals surface area contributed by atoms with Crippen molar-refractivity contribution < 1.29 is 14.6 Å². The zero-order valence-electron chi connectivity index (χ0n) is 12.5. The van der Waals surface area contributed by atoms with Crippen LogP contribution in [-0.2, 0) is 10.2 Å². The molecule has 2 aliphatic rings. The molecule has 1 heterocycles. The summed E-state index contributed by atoms with van der Waals surface area (Å²) in [5, 5.41) is 9.15. The monoisotopic (exact) mass is 289 g/mol. The first-order valence-electron chi connectivity index (χ1n) is 7.76. The van der Waals surface area contributed by atoms with Gasteiger partial charge in [-0.3, -0.25) is 4.79 Å². The van der Waals surface area contributed by atoms with Gasteiger partial charge in [-0.1, -0.05) is 18.2 Å². The third-order valence-electron chi connectivity index (χ3n) is 4.76. The topological polar surface area (TPSA) is 49.8 Å². The summed E-state index contributed by atoms with van der Waals surface area (Å²) in [5.74, 6) is 0.174. The summed E-state index contributed by atoms with van der Waals surface area (Å²) in [6.45, 7) is 2.13. The average Bonchev–Trinajstić information content (AvgIpc) is 3.22. The number of para-hydroxylation sites is 1. The zero-order chi connectivity index (χ0) is 14.9. The standard InChI is InChI=1S/C17H23NO3/c1-18-10-6-13(7-11-18)21-15-5-3-2-4-14(15)17(8-9-17)12-16(19)20/h2-5,13H,6-12H2,1H3,(H,19,20). The smallest absolute Gasteiger partial charge is 0.304 e. The van der Waals surface area contributed by atoms with Crippen molar-refractivity contribution in [2.45, 2.75) is 43.6 Å². The number of rotatable bonds is 5. The van der Waals surface area contributed by atoms with E-state index in [2.05, 4.69) is 11.9 Å². The van der Waals surface area contributed by atoms with E-state index in [1.807, 2.05) is 24.3 Å². The summed E-state index contributed by atoms with van der Waals surface area (Å²) in [6.07, 6.45) is 4.44. The van der Waals surface area contributed by atoms with Crippen LogP contribution in [0.1, 0.15) is 37.7 Å². The van der Waals surface area contributed by atoms with Gasteiger partial charge >= 0.3 is 5.97 Å². The number of carboxylic acid groups (broad SMARTS) is 1. The molecule has 4 nitrogen and oxygen atoms in total. The maximum atomic E-state index is 11.1. The van der Waals surface area contributed by atoms with E-state index in [-0.39, 0.29) is 17.9 Å². The summed E-state index contributed by atoms with van der Waals surface area (Å²) in [7, 11) is 2.14. The quantitative estimate of drug-likeness (QED) is 0.905. The van der Waals surface area contributed by atoms with Gasteiger partial charge in [-0.05, 0) is 38.8 Å². The molecule has 4 heteroatoms. The second kappa shape index (κ2) is 5.68. The lowest BCUT2D eigenvalue weighted by molar-refractivity contribution is -0.137. The summed E-state index contributed by atoms with van der Waals surface area (Å²) in [6, 6.07) is 8.00. The molecule has 0 spiro atoms. The number of carboxylic acids is 1. The van der Waals surface area contributed by atoms with Crippen LogP contribution in [0.3, 0.4) is 0 Å². The molecule has 0 unspecified atom stereocenters. The molecule has 1 N–H and O–H groups in total. The predicted molar refractivity (Wildman–Crippen MR) is 80.8 cm³/mol. The first kappa shape index (κ1) is 14.4. The van der Waals surface area contributed by atoms with E-state index in [0.717, 1.165) is 50.1 Å². The van der Waals surface area contributed by atoms with Crippen LogP contribution >= 0.6 is 0 Å². The van der Waals surface area contributed by atoms with E-state index < -0.39 is 5.97 Å². The van der Waals surface area contributed by atoms with Crippen molar-refractivity contribution in [1.82, 2.24) is 4.90 Å². The van der Waals surface area contributed by atoms with Crippen molar-refractivity contribution in [3.63, 3.8) is 0 Å². The Kier molecular flexibility index (Phi) is 3.89. The number of carbonyl (C=O) groups is 1. The Morgan fingerprint density at radius 3 is 2.62 bits per heavy atom. The fourth-order valence-corrected chi connectivity index (χ4v) is 3.27. The van der Waals surface area contributed by atoms with Gasteiger partial charge in [0.25, 0.3) is 0 Å². The van der Waals surface area contributed by atoms with Crippen LogP contribution in [0.15, 0.2) is 24.3 Å². The predicted octanol–water partition coefficient (Wildman–Crippen LogP) is 2.67. The third kappa shape index (κ3) is 3.21. The molecule has 1 aromatic rings. The highest BCUT2D eigenvalue weighted by molar-refractivity contribution is 5.70. The molecule has 0 bridgehead atoms. The van der Waals surface area contributed by atoms with Crippen molar-refractivity contribution in [2.75, 3.05) is 20.1 Å². The minimum absolute atomic E-state index is 0.187. The lowest BCUT2D eigenvalue weighted by atomic mass is 9.91. The van der Waals surface area contributed by atoms with Gasteiger partial charge in [0.1, 0.15) is 11.9 Å². The molecule has 1 saturated heterocycles. The molecule has 1 aliphatic heterocycles. The van der Waals surface area contributed by atoms with Gasteiger partial charge in [0, 0.05) is 24.1 Å². The van der Waals surface area contributed by atoms with Gasteiger partial charge in [-0.25, -0.2) is 0 Å². The Morgan fingerprint density at radius 1 is 1.33 bits per heavy atom. The molecule has 2 fully saturated rings. The Morgan fingerprint density at radius 2 is 2.00 bits per heavy atom. The zero-order valence-corrected chi connectivity index (χ0v) is 12.5. The number of likely N-dealkylation sites (tertiary alicyclic amines) is 1. The summed E-state index contributed by atoms with van der Waals surface area (Å²) in [5.41, 5.74) is 0.903. The Labute approximate surface area is 125 Å². The number of hydrogen-bond donors (Lipinski definition) is 1. The maximum Gasteiger partial charge on any atom is 0.304 e. The van der Waals surface area contributed by atoms with Gasteiger partial charge in [0.2, 0.25) is 0 Å². The minimum Gasteiger partial charge on any atom is -0.490 e. The van der Waals surface area contributed by atoms with Gasteiger partial charge in [0.05, 0.1) is 6.42 Å². The van der Waals surface area contributed by atoms with Crippen LogP contribution < -0.4 is 4.74 Å². The van der Waals surface area contributed by atoms with Crippen molar-refractivity contribution >= 4 is 5.97 Å². The number of piperidine rings is 1. The average molecular weight is 289 g/mol. The van der Waals surface area contributed by atoms with Crippen LogP contribution in [0.5, 0.6) is 5.75 Å². The molecule has 21 heavy (non-hydrogen) atoms. The van der Waals surface area contributed by atoms with E-state index >= 15 is 0 Å². The highest BCUT2D eigenvalue weighted by atomic mass is 16.5. The second-order valence-electron chi connectivity index (χ2n) is 6.47. The molecular formula is C17H23NO3. The molecule has 1 aromatic carbocycles. The largest absolute Gasteiger partial charge is 0.490 e. The van der Waals surface area contributed by atoms with E-state index in [9.17, 15) is 4.79 Å². The Bertz CT molecular complexity index is 517. The fraction of sp³-hybridized carbons (Fsp3) is 0.588. The van der Waals surface area contributed by atoms with Gasteiger partial charge < -0.3 is 14.7 Å². The summed E-state index contributed by atoms with van der Waals surface area (Å²) in [4.78, 5) is 13.4. The molecule has 114 valence electrons. The van der Waals surface area contributed by atoms with Crippen molar-refractivity contribution in [1.29, 1.82) is 0 Å². The molecule has 0 amide bonds. The second-order valence-corrected chi connectivity index (χ2v) is 6.47. The number of nitrogens with zero attached hydrogens (tertiary/aromatic N) is 1. The SMILES string of the molecule is CN1CCC(Oc2ccccc2C2(CC(=O)O)CC2)CC1. The highest BCUT2D eigenvalue weighted by Crippen LogP contribution is 2.54. The van der Waals surface area contributed by atoms with Crippen LogP contribution in [0.25, 0.3) is 0 Å². The lowest BCUT2D eigenvalue weighted by Crippen LogP contribution is -2.36. The number of aliphatic carboxylic acids is 1. The van der Waals surface area contributed by atoms with E-state index in [1.165, 1.54) is 0 Å². The van der Waals surface area contributed by atoms with Gasteiger partial charge in [-0.15, -0.1) is 0 Å². The van der Waals surface area contributed by atoms with E-state index in [4.69, 9.17) is 9.84 Å². The van der Waals surface area contributed by atoms with Gasteiger partial charge in [-0.2, -0.15) is 0 Å². The van der Waals surface area contributed by atoms with E-state index in [0.29, 0.717) is 0 Å². The molecule has 0 radical (unpaired) electrons. The lowest BCUT2D eigenvalue weighted by Gasteiger charge is -2.30. The fourth-order valence-electron chi connectivity index (χ4n) is 3.27. The molecule has 1 aliphatic carbocycles. The first-order chi connectivity index (χ1) is 10.1. The third-order valence-corrected chi connectivity index (χ3v) is 4.76. The normalized spacial score (nSPS) is 22.0.